The van der Waals surface area contributed by atoms with E-state index in [1.807, 2.05) is 12.1 Å². The number of pyridine rings is 1. The van der Waals surface area contributed by atoms with Crippen molar-refractivity contribution in [3.63, 3.8) is 0 Å². The molecule has 0 bridgehead atoms. The number of amides is 1. The number of hydrazine groups is 1. The smallest absolute Gasteiger partial charge is 0.267 e. The Balaban J connectivity index is 2.40. The van der Waals surface area contributed by atoms with Gasteiger partial charge in [-0.2, -0.15) is 0 Å². The zero-order valence-corrected chi connectivity index (χ0v) is 10.5. The molecular formula is C13H12ClN3O. The van der Waals surface area contributed by atoms with Crippen molar-refractivity contribution in [1.82, 2.24) is 10.4 Å². The molecule has 0 radical (unpaired) electrons. The van der Waals surface area contributed by atoms with E-state index in [4.69, 9.17) is 17.4 Å². The molecule has 0 spiro atoms. The number of benzene rings is 1. The maximum Gasteiger partial charge on any atom is 0.267 e. The molecule has 0 saturated heterocycles. The Morgan fingerprint density at radius 1 is 1.22 bits per heavy atom. The van der Waals surface area contributed by atoms with Crippen LogP contribution >= 0.6 is 11.6 Å². The predicted molar refractivity (Wildman–Crippen MR) is 71.1 cm³/mol. The van der Waals surface area contributed by atoms with Gasteiger partial charge in [0.1, 0.15) is 0 Å². The number of carbonyl (C=O) groups excluding carboxylic acids is 1. The van der Waals surface area contributed by atoms with Crippen LogP contribution in [0.4, 0.5) is 0 Å². The quantitative estimate of drug-likeness (QED) is 0.495. The van der Waals surface area contributed by atoms with E-state index >= 15 is 0 Å². The fraction of sp³-hybridized carbons (Fsp3) is 0.0769. The summed E-state index contributed by atoms with van der Waals surface area (Å²) >= 11 is 5.83. The molecule has 0 unspecified atom stereocenters. The van der Waals surface area contributed by atoms with Crippen LogP contribution < -0.4 is 11.3 Å². The number of nitrogens with one attached hydrogen (secondary N) is 1. The summed E-state index contributed by atoms with van der Waals surface area (Å²) in [5.74, 6) is 4.75. The molecule has 1 heterocycles. The molecule has 1 amide bonds. The third-order valence-electron chi connectivity index (χ3n) is 2.60. The lowest BCUT2D eigenvalue weighted by molar-refractivity contribution is 0.0952. The Hall–Kier alpha value is -1.91. The van der Waals surface area contributed by atoms with Crippen molar-refractivity contribution in [2.75, 3.05) is 0 Å². The minimum absolute atomic E-state index is 0.345. The Morgan fingerprint density at radius 3 is 2.44 bits per heavy atom. The van der Waals surface area contributed by atoms with Crippen molar-refractivity contribution in [2.24, 2.45) is 5.84 Å². The van der Waals surface area contributed by atoms with Crippen LogP contribution in [0, 0.1) is 6.92 Å². The number of aromatic nitrogens is 1. The van der Waals surface area contributed by atoms with E-state index in [2.05, 4.69) is 10.4 Å². The number of nitrogens with two attached hydrogens (primary N) is 1. The minimum atomic E-state index is -0.345. The summed E-state index contributed by atoms with van der Waals surface area (Å²) in [6.07, 6.45) is 0. The van der Waals surface area contributed by atoms with E-state index < -0.39 is 0 Å². The van der Waals surface area contributed by atoms with Gasteiger partial charge in [0.2, 0.25) is 0 Å². The largest absolute Gasteiger partial charge is 0.290 e. The van der Waals surface area contributed by atoms with E-state index in [0.717, 1.165) is 11.3 Å². The van der Waals surface area contributed by atoms with E-state index in [-0.39, 0.29) is 5.91 Å². The van der Waals surface area contributed by atoms with Crippen LogP contribution in [0.5, 0.6) is 0 Å². The van der Waals surface area contributed by atoms with Gasteiger partial charge in [-0.25, -0.2) is 5.84 Å². The molecule has 2 aromatic rings. The highest BCUT2D eigenvalue weighted by Crippen LogP contribution is 2.21. The summed E-state index contributed by atoms with van der Waals surface area (Å²) in [4.78, 5) is 15.8. The van der Waals surface area contributed by atoms with Gasteiger partial charge in [0, 0.05) is 10.6 Å². The molecule has 0 aliphatic carbocycles. The molecular weight excluding hydrogens is 250 g/mol. The second-order valence-electron chi connectivity index (χ2n) is 3.81. The highest BCUT2D eigenvalue weighted by molar-refractivity contribution is 6.30. The molecule has 2 rings (SSSR count). The summed E-state index contributed by atoms with van der Waals surface area (Å²) in [6.45, 7) is 1.77. The van der Waals surface area contributed by atoms with Gasteiger partial charge in [-0.3, -0.25) is 15.2 Å². The number of nitrogen functional groups attached to an aromatic ring is 1. The molecule has 1 aromatic carbocycles. The highest BCUT2D eigenvalue weighted by atomic mass is 35.5. The Bertz CT molecular complexity index is 581. The van der Waals surface area contributed by atoms with Crippen molar-refractivity contribution in [3.05, 3.63) is 52.7 Å². The number of nitrogens with zero attached hydrogens (tertiary/aromatic N) is 1. The number of aryl methyl sites for hydroxylation is 1. The monoisotopic (exact) mass is 261 g/mol. The molecule has 0 saturated carbocycles. The molecule has 0 atom stereocenters. The van der Waals surface area contributed by atoms with Crippen molar-refractivity contribution >= 4 is 17.5 Å². The number of carbonyl (C=O) groups is 1. The van der Waals surface area contributed by atoms with Crippen molar-refractivity contribution in [1.29, 1.82) is 0 Å². The first-order valence-corrected chi connectivity index (χ1v) is 5.74. The molecule has 5 heteroatoms. The SMILES string of the molecule is Cc1nc(-c2ccc(Cl)cc2)ccc1C(=O)NN. The first-order chi connectivity index (χ1) is 8.61. The summed E-state index contributed by atoms with van der Waals surface area (Å²) in [5.41, 5.74) is 4.93. The van der Waals surface area contributed by atoms with Crippen LogP contribution in [0.3, 0.4) is 0 Å². The maximum absolute atomic E-state index is 11.4. The van der Waals surface area contributed by atoms with E-state index in [9.17, 15) is 4.79 Å². The highest BCUT2D eigenvalue weighted by Gasteiger charge is 2.09. The molecule has 1 aromatic heterocycles. The molecule has 4 nitrogen and oxygen atoms in total. The summed E-state index contributed by atoms with van der Waals surface area (Å²) in [5, 5.41) is 0.676. The van der Waals surface area contributed by atoms with Crippen LogP contribution in [0.2, 0.25) is 5.02 Å². The lowest BCUT2D eigenvalue weighted by Crippen LogP contribution is -2.30. The number of hydrogen-bond donors (Lipinski definition) is 2. The Kier molecular flexibility index (Phi) is 3.60. The minimum Gasteiger partial charge on any atom is -0.290 e. The lowest BCUT2D eigenvalue weighted by Gasteiger charge is -2.06. The van der Waals surface area contributed by atoms with E-state index in [0.29, 0.717) is 16.3 Å². The molecule has 0 aliphatic heterocycles. The topological polar surface area (TPSA) is 68.0 Å². The second-order valence-corrected chi connectivity index (χ2v) is 4.25. The van der Waals surface area contributed by atoms with Crippen LogP contribution in [0.1, 0.15) is 16.1 Å². The fourth-order valence-corrected chi connectivity index (χ4v) is 1.79. The van der Waals surface area contributed by atoms with E-state index in [1.54, 1.807) is 31.2 Å². The second kappa shape index (κ2) is 5.16. The van der Waals surface area contributed by atoms with Crippen LogP contribution in [0.15, 0.2) is 36.4 Å². The number of halogens is 1. The third kappa shape index (κ3) is 2.50. The van der Waals surface area contributed by atoms with Crippen molar-refractivity contribution < 1.29 is 4.79 Å². The molecule has 0 aliphatic rings. The first-order valence-electron chi connectivity index (χ1n) is 5.36. The summed E-state index contributed by atoms with van der Waals surface area (Å²) in [7, 11) is 0. The standard InChI is InChI=1S/C13H12ClN3O/c1-8-11(13(18)17-15)6-7-12(16-8)9-2-4-10(14)5-3-9/h2-7H,15H2,1H3,(H,17,18). The summed E-state index contributed by atoms with van der Waals surface area (Å²) < 4.78 is 0. The average Bonchev–Trinajstić information content (AvgIpc) is 2.38. The first kappa shape index (κ1) is 12.5. The van der Waals surface area contributed by atoms with E-state index in [1.165, 1.54) is 0 Å². The normalized spacial score (nSPS) is 10.2. The van der Waals surface area contributed by atoms with Crippen LogP contribution in [0.25, 0.3) is 11.3 Å². The molecule has 92 valence electrons. The van der Waals surface area contributed by atoms with Gasteiger partial charge < -0.3 is 0 Å². The third-order valence-corrected chi connectivity index (χ3v) is 2.85. The Morgan fingerprint density at radius 2 is 1.89 bits per heavy atom. The van der Waals surface area contributed by atoms with Gasteiger partial charge in [0.15, 0.2) is 0 Å². The Labute approximate surface area is 110 Å². The zero-order chi connectivity index (χ0) is 13.1. The van der Waals surface area contributed by atoms with Crippen LogP contribution in [-0.2, 0) is 0 Å². The number of rotatable bonds is 2. The average molecular weight is 262 g/mol. The van der Waals surface area contributed by atoms with Gasteiger partial charge in [-0.05, 0) is 31.2 Å². The molecule has 0 fully saturated rings. The fourth-order valence-electron chi connectivity index (χ4n) is 1.66. The van der Waals surface area contributed by atoms with Gasteiger partial charge in [-0.1, -0.05) is 23.7 Å². The molecule has 18 heavy (non-hydrogen) atoms. The van der Waals surface area contributed by atoms with Crippen LogP contribution in [-0.4, -0.2) is 10.9 Å². The van der Waals surface area contributed by atoms with Gasteiger partial charge >= 0.3 is 0 Å². The predicted octanol–water partition coefficient (Wildman–Crippen LogP) is 2.31. The maximum atomic E-state index is 11.4. The lowest BCUT2D eigenvalue weighted by atomic mass is 10.1. The summed E-state index contributed by atoms with van der Waals surface area (Å²) in [6, 6.07) is 10.8. The van der Waals surface area contributed by atoms with Gasteiger partial charge in [0.25, 0.3) is 5.91 Å². The zero-order valence-electron chi connectivity index (χ0n) is 9.77. The van der Waals surface area contributed by atoms with Crippen molar-refractivity contribution in [2.45, 2.75) is 6.92 Å². The van der Waals surface area contributed by atoms with Gasteiger partial charge in [0.05, 0.1) is 17.0 Å². The van der Waals surface area contributed by atoms with Crippen molar-refractivity contribution in [3.8, 4) is 11.3 Å². The number of hydrogen-bond acceptors (Lipinski definition) is 3. The van der Waals surface area contributed by atoms with Gasteiger partial charge in [-0.15, -0.1) is 0 Å². The molecule has 3 N–H and O–H groups in total.